The third kappa shape index (κ3) is 4.92. The molecule has 1 saturated heterocycles. The second-order valence-corrected chi connectivity index (χ2v) is 8.11. The average molecular weight is 452 g/mol. The quantitative estimate of drug-likeness (QED) is 0.455. The second kappa shape index (κ2) is 9.56. The van der Waals surface area contributed by atoms with Crippen LogP contribution in [-0.2, 0) is 11.2 Å². The number of nitro groups is 1. The Morgan fingerprint density at radius 3 is 2.44 bits per heavy atom. The van der Waals surface area contributed by atoms with Gasteiger partial charge in [-0.1, -0.05) is 30.3 Å². The zero-order valence-corrected chi connectivity index (χ0v) is 18.0. The van der Waals surface area contributed by atoms with Gasteiger partial charge in [0.05, 0.1) is 17.0 Å². The van der Waals surface area contributed by atoms with E-state index in [1.165, 1.54) is 17.4 Å². The summed E-state index contributed by atoms with van der Waals surface area (Å²) < 4.78 is 0. The molecule has 32 heavy (non-hydrogen) atoms. The average Bonchev–Trinajstić information content (AvgIpc) is 3.26. The predicted molar refractivity (Wildman–Crippen MR) is 122 cm³/mol. The van der Waals surface area contributed by atoms with Crippen molar-refractivity contribution in [2.75, 3.05) is 36.4 Å². The summed E-state index contributed by atoms with van der Waals surface area (Å²) in [7, 11) is 0. The summed E-state index contributed by atoms with van der Waals surface area (Å²) in [5, 5.41) is 16.2. The number of hydrogen-bond donors (Lipinski definition) is 1. The number of para-hydroxylation sites is 2. The number of amides is 2. The number of carbonyl (C=O) groups excluding carboxylic acids is 2. The molecular formula is C22H21N5O4S. The normalized spacial score (nSPS) is 13.6. The van der Waals surface area contributed by atoms with Gasteiger partial charge in [0.1, 0.15) is 5.69 Å². The van der Waals surface area contributed by atoms with Crippen molar-refractivity contribution in [2.45, 2.75) is 6.42 Å². The molecule has 2 heterocycles. The van der Waals surface area contributed by atoms with E-state index in [1.807, 2.05) is 11.0 Å². The van der Waals surface area contributed by atoms with E-state index in [-0.39, 0.29) is 28.8 Å². The van der Waals surface area contributed by atoms with Gasteiger partial charge < -0.3 is 9.80 Å². The third-order valence-corrected chi connectivity index (χ3v) is 6.00. The van der Waals surface area contributed by atoms with Gasteiger partial charge in [-0.05, 0) is 18.2 Å². The summed E-state index contributed by atoms with van der Waals surface area (Å²) in [6.07, 6.45) is 0.142. The smallest absolute Gasteiger partial charge is 0.292 e. The molecule has 0 spiro atoms. The molecule has 4 rings (SSSR count). The minimum atomic E-state index is -0.386. The van der Waals surface area contributed by atoms with Crippen LogP contribution < -0.4 is 10.2 Å². The number of nitrogens with one attached hydrogen (secondary N) is 1. The number of carbonyl (C=O) groups is 2. The number of anilines is 2. The van der Waals surface area contributed by atoms with Crippen molar-refractivity contribution < 1.29 is 14.5 Å². The predicted octanol–water partition coefficient (Wildman–Crippen LogP) is 3.19. The molecule has 0 radical (unpaired) electrons. The number of aromatic nitrogens is 1. The van der Waals surface area contributed by atoms with Crippen molar-refractivity contribution in [1.29, 1.82) is 0 Å². The van der Waals surface area contributed by atoms with E-state index in [1.54, 1.807) is 52.7 Å². The highest BCUT2D eigenvalue weighted by atomic mass is 32.1. The standard InChI is InChI=1S/C22H21N5O4S/c28-20(14-17-15-32-22(23-17)24-21(29)16-6-2-1-3-7-16)26-12-10-25(11-13-26)18-8-4-5-9-19(18)27(30)31/h1-9,15H,10-14H2,(H,23,24,29). The lowest BCUT2D eigenvalue weighted by atomic mass is 10.2. The van der Waals surface area contributed by atoms with Gasteiger partial charge in [-0.2, -0.15) is 0 Å². The molecule has 1 fully saturated rings. The Balaban J connectivity index is 1.31. The van der Waals surface area contributed by atoms with Gasteiger partial charge in [0.15, 0.2) is 5.13 Å². The van der Waals surface area contributed by atoms with Crippen molar-refractivity contribution in [3.8, 4) is 0 Å². The summed E-state index contributed by atoms with van der Waals surface area (Å²) in [4.78, 5) is 43.9. The topological polar surface area (TPSA) is 109 Å². The van der Waals surface area contributed by atoms with Crippen LogP contribution in [0.1, 0.15) is 16.1 Å². The lowest BCUT2D eigenvalue weighted by Gasteiger charge is -2.35. The van der Waals surface area contributed by atoms with Crippen LogP contribution >= 0.6 is 11.3 Å². The Morgan fingerprint density at radius 1 is 1.03 bits per heavy atom. The Morgan fingerprint density at radius 2 is 1.72 bits per heavy atom. The fourth-order valence-electron chi connectivity index (χ4n) is 3.55. The van der Waals surface area contributed by atoms with Gasteiger partial charge >= 0.3 is 0 Å². The van der Waals surface area contributed by atoms with Crippen LogP contribution in [0.15, 0.2) is 60.0 Å². The molecule has 1 N–H and O–H groups in total. The van der Waals surface area contributed by atoms with Crippen molar-refractivity contribution in [1.82, 2.24) is 9.88 Å². The molecule has 0 bridgehead atoms. The molecule has 2 amide bonds. The first kappa shape index (κ1) is 21.4. The fraction of sp³-hybridized carbons (Fsp3) is 0.227. The summed E-state index contributed by atoms with van der Waals surface area (Å²) in [6, 6.07) is 15.5. The SMILES string of the molecule is O=C(Nc1nc(CC(=O)N2CCN(c3ccccc3[N+](=O)[O-])CC2)cs1)c1ccccc1. The van der Waals surface area contributed by atoms with Gasteiger partial charge in [0.2, 0.25) is 5.91 Å². The highest BCUT2D eigenvalue weighted by Gasteiger charge is 2.25. The second-order valence-electron chi connectivity index (χ2n) is 7.25. The molecular weight excluding hydrogens is 430 g/mol. The van der Waals surface area contributed by atoms with E-state index < -0.39 is 0 Å². The number of nitrogens with zero attached hydrogens (tertiary/aromatic N) is 4. The molecule has 1 aliphatic heterocycles. The number of hydrogen-bond acceptors (Lipinski definition) is 7. The minimum absolute atomic E-state index is 0.0570. The maximum absolute atomic E-state index is 12.7. The summed E-state index contributed by atoms with van der Waals surface area (Å²) in [5.41, 5.74) is 1.78. The summed E-state index contributed by atoms with van der Waals surface area (Å²) >= 11 is 1.28. The molecule has 9 nitrogen and oxygen atoms in total. The highest BCUT2D eigenvalue weighted by molar-refractivity contribution is 7.14. The van der Waals surface area contributed by atoms with Gasteiger partial charge in [0, 0.05) is 43.2 Å². The molecule has 0 saturated carbocycles. The van der Waals surface area contributed by atoms with Gasteiger partial charge in [-0.3, -0.25) is 25.0 Å². The Kier molecular flexibility index (Phi) is 6.41. The Bertz CT molecular complexity index is 1130. The highest BCUT2D eigenvalue weighted by Crippen LogP contribution is 2.28. The van der Waals surface area contributed by atoms with E-state index in [0.29, 0.717) is 48.3 Å². The van der Waals surface area contributed by atoms with E-state index in [0.717, 1.165) is 0 Å². The molecule has 0 atom stereocenters. The molecule has 3 aromatic rings. The van der Waals surface area contributed by atoms with Crippen LogP contribution in [0, 0.1) is 10.1 Å². The first-order chi connectivity index (χ1) is 15.5. The van der Waals surface area contributed by atoms with E-state index in [2.05, 4.69) is 10.3 Å². The summed E-state index contributed by atoms with van der Waals surface area (Å²) in [6.45, 7) is 2.00. The molecule has 1 aliphatic rings. The molecule has 2 aromatic carbocycles. The number of piperazine rings is 1. The molecule has 0 aliphatic carbocycles. The lowest BCUT2D eigenvalue weighted by molar-refractivity contribution is -0.384. The van der Waals surface area contributed by atoms with Crippen molar-refractivity contribution in [3.05, 3.63) is 81.3 Å². The molecule has 10 heteroatoms. The summed E-state index contributed by atoms with van der Waals surface area (Å²) in [5.74, 6) is -0.303. The molecule has 1 aromatic heterocycles. The Labute approximate surface area is 188 Å². The maximum Gasteiger partial charge on any atom is 0.292 e. The van der Waals surface area contributed by atoms with Crippen molar-refractivity contribution in [3.63, 3.8) is 0 Å². The first-order valence-electron chi connectivity index (χ1n) is 10.1. The van der Waals surface area contributed by atoms with Crippen LogP contribution in [0.2, 0.25) is 0 Å². The number of nitro benzene ring substituents is 1. The van der Waals surface area contributed by atoms with E-state index in [4.69, 9.17) is 0 Å². The van der Waals surface area contributed by atoms with Crippen LogP contribution in [0.3, 0.4) is 0 Å². The monoisotopic (exact) mass is 451 g/mol. The van der Waals surface area contributed by atoms with E-state index in [9.17, 15) is 19.7 Å². The fourth-order valence-corrected chi connectivity index (χ4v) is 4.26. The van der Waals surface area contributed by atoms with Crippen LogP contribution in [0.5, 0.6) is 0 Å². The Hall–Kier alpha value is -3.79. The maximum atomic E-state index is 12.7. The molecule has 0 unspecified atom stereocenters. The third-order valence-electron chi connectivity index (χ3n) is 5.19. The number of benzene rings is 2. The van der Waals surface area contributed by atoms with E-state index >= 15 is 0 Å². The zero-order valence-electron chi connectivity index (χ0n) is 17.1. The molecule has 164 valence electrons. The van der Waals surface area contributed by atoms with Crippen LogP contribution in [0.4, 0.5) is 16.5 Å². The minimum Gasteiger partial charge on any atom is -0.362 e. The zero-order chi connectivity index (χ0) is 22.5. The number of rotatable bonds is 6. The van der Waals surface area contributed by atoms with Crippen LogP contribution in [-0.4, -0.2) is 52.8 Å². The van der Waals surface area contributed by atoms with Crippen molar-refractivity contribution >= 4 is 39.7 Å². The largest absolute Gasteiger partial charge is 0.362 e. The first-order valence-corrected chi connectivity index (χ1v) is 11.0. The van der Waals surface area contributed by atoms with Gasteiger partial charge in [-0.25, -0.2) is 4.98 Å². The van der Waals surface area contributed by atoms with Gasteiger partial charge in [0.25, 0.3) is 11.6 Å². The lowest BCUT2D eigenvalue weighted by Crippen LogP contribution is -2.49. The van der Waals surface area contributed by atoms with Crippen LogP contribution in [0.25, 0.3) is 0 Å². The number of thiazole rings is 1. The van der Waals surface area contributed by atoms with Crippen molar-refractivity contribution in [2.24, 2.45) is 0 Å². The van der Waals surface area contributed by atoms with Gasteiger partial charge in [-0.15, -0.1) is 11.3 Å².